The van der Waals surface area contributed by atoms with Crippen LogP contribution in [-0.2, 0) is 11.3 Å². The number of amides is 1. The molecule has 0 heterocycles. The van der Waals surface area contributed by atoms with E-state index in [4.69, 9.17) is 14.2 Å². The van der Waals surface area contributed by atoms with E-state index in [1.54, 1.807) is 13.0 Å². The smallest absolute Gasteiger partial charge is 0.493 e. The zero-order valence-corrected chi connectivity index (χ0v) is 22.8. The number of rotatable bonds is 8. The second-order valence-electron chi connectivity index (χ2n) is 8.23. The summed E-state index contributed by atoms with van der Waals surface area (Å²) in [6.07, 6.45) is 5.40. The minimum absolute atomic E-state index is 0.178. The highest BCUT2D eigenvalue weighted by Crippen LogP contribution is 2.34. The highest BCUT2D eigenvalue weighted by Gasteiger charge is 2.21. The molecular weight excluding hydrogens is 568 g/mol. The van der Waals surface area contributed by atoms with Crippen LogP contribution < -0.4 is 14.8 Å². The van der Waals surface area contributed by atoms with Crippen LogP contribution in [0.15, 0.2) is 39.3 Å². The van der Waals surface area contributed by atoms with Crippen LogP contribution in [0, 0.1) is 0 Å². The van der Waals surface area contributed by atoms with Gasteiger partial charge in [0, 0.05) is 27.1 Å². The van der Waals surface area contributed by atoms with Gasteiger partial charge in [-0.2, -0.15) is 0 Å². The summed E-state index contributed by atoms with van der Waals surface area (Å²) in [7, 11) is 3.59. The third-order valence-corrected chi connectivity index (χ3v) is 6.96. The number of nitrogens with zero attached hydrogens (tertiary/aromatic N) is 1. The van der Waals surface area contributed by atoms with Gasteiger partial charge in [-0.15, -0.1) is 0 Å². The SMILES string of the molecule is CCOC(=O)Oc1ccc(C(=O)Nc2c(Br)cc(Br)cc2CN(C)C2CCCCC2)cc1OC. The second-order valence-corrected chi connectivity index (χ2v) is 10.0. The fourth-order valence-corrected chi connectivity index (χ4v) is 5.54. The number of hydrogen-bond donors (Lipinski definition) is 1. The molecule has 1 saturated carbocycles. The summed E-state index contributed by atoms with van der Waals surface area (Å²) < 4.78 is 17.0. The number of nitrogens with one attached hydrogen (secondary N) is 1. The van der Waals surface area contributed by atoms with E-state index >= 15 is 0 Å². The molecule has 34 heavy (non-hydrogen) atoms. The van der Waals surface area contributed by atoms with Crippen LogP contribution in [0.3, 0.4) is 0 Å². The first-order chi connectivity index (χ1) is 16.3. The molecule has 1 fully saturated rings. The van der Waals surface area contributed by atoms with Crippen molar-refractivity contribution in [2.24, 2.45) is 0 Å². The topological polar surface area (TPSA) is 77.1 Å². The number of halogens is 2. The van der Waals surface area contributed by atoms with Gasteiger partial charge in [-0.1, -0.05) is 35.2 Å². The lowest BCUT2D eigenvalue weighted by molar-refractivity contribution is 0.102. The van der Waals surface area contributed by atoms with Crippen LogP contribution in [0.5, 0.6) is 11.5 Å². The molecule has 184 valence electrons. The van der Waals surface area contributed by atoms with E-state index < -0.39 is 6.16 Å². The Bertz CT molecular complexity index is 1020. The summed E-state index contributed by atoms with van der Waals surface area (Å²) in [6, 6.07) is 9.12. The Labute approximate surface area is 217 Å². The zero-order chi connectivity index (χ0) is 24.7. The molecule has 0 spiro atoms. The summed E-state index contributed by atoms with van der Waals surface area (Å²) in [5.41, 5.74) is 2.10. The fraction of sp³-hybridized carbons (Fsp3) is 0.440. The highest BCUT2D eigenvalue weighted by molar-refractivity contribution is 9.11. The normalized spacial score (nSPS) is 14.1. The Morgan fingerprint density at radius 1 is 1.09 bits per heavy atom. The van der Waals surface area contributed by atoms with Gasteiger partial charge >= 0.3 is 6.16 Å². The van der Waals surface area contributed by atoms with Gasteiger partial charge < -0.3 is 19.5 Å². The van der Waals surface area contributed by atoms with Crippen molar-refractivity contribution < 1.29 is 23.8 Å². The van der Waals surface area contributed by atoms with E-state index in [2.05, 4.69) is 49.1 Å². The minimum atomic E-state index is -0.830. The van der Waals surface area contributed by atoms with Crippen molar-refractivity contribution in [1.82, 2.24) is 4.90 Å². The molecule has 2 aromatic rings. The molecule has 1 aliphatic rings. The average molecular weight is 598 g/mol. The fourth-order valence-electron chi connectivity index (χ4n) is 4.13. The van der Waals surface area contributed by atoms with E-state index in [0.29, 0.717) is 18.2 Å². The van der Waals surface area contributed by atoms with Gasteiger partial charge in [0.2, 0.25) is 0 Å². The number of carbonyl (C=O) groups excluding carboxylic acids is 2. The van der Waals surface area contributed by atoms with Crippen LogP contribution >= 0.6 is 31.9 Å². The Morgan fingerprint density at radius 2 is 1.82 bits per heavy atom. The summed E-state index contributed by atoms with van der Waals surface area (Å²) in [4.78, 5) is 27.2. The van der Waals surface area contributed by atoms with Crippen molar-refractivity contribution in [1.29, 1.82) is 0 Å². The van der Waals surface area contributed by atoms with Crippen LogP contribution in [0.1, 0.15) is 54.9 Å². The zero-order valence-electron chi connectivity index (χ0n) is 19.7. The van der Waals surface area contributed by atoms with Crippen LogP contribution in [0.4, 0.5) is 10.5 Å². The standard InChI is InChI=1S/C25H30Br2N2O5/c1-4-33-25(31)34-21-11-10-16(13-22(21)32-3)24(30)28-23-17(12-18(26)14-20(23)27)15-29(2)19-8-6-5-7-9-19/h10-14,19H,4-9,15H2,1-3H3,(H,28,30). The van der Waals surface area contributed by atoms with Crippen LogP contribution in [0.25, 0.3) is 0 Å². The largest absolute Gasteiger partial charge is 0.513 e. The molecular formula is C25H30Br2N2O5. The van der Waals surface area contributed by atoms with E-state index in [1.165, 1.54) is 51.3 Å². The lowest BCUT2D eigenvalue weighted by Gasteiger charge is -2.32. The van der Waals surface area contributed by atoms with Crippen molar-refractivity contribution in [2.75, 3.05) is 26.1 Å². The van der Waals surface area contributed by atoms with Crippen molar-refractivity contribution in [3.05, 3.63) is 50.4 Å². The Hall–Kier alpha value is -2.10. The molecule has 9 heteroatoms. The first kappa shape index (κ1) is 26.5. The van der Waals surface area contributed by atoms with Gasteiger partial charge in [-0.3, -0.25) is 9.69 Å². The van der Waals surface area contributed by atoms with E-state index in [9.17, 15) is 9.59 Å². The maximum absolute atomic E-state index is 13.1. The lowest BCUT2D eigenvalue weighted by Crippen LogP contribution is -2.33. The van der Waals surface area contributed by atoms with Gasteiger partial charge in [-0.25, -0.2) is 4.79 Å². The van der Waals surface area contributed by atoms with E-state index in [1.807, 2.05) is 12.1 Å². The molecule has 0 radical (unpaired) electrons. The number of benzene rings is 2. The van der Waals surface area contributed by atoms with Crippen molar-refractivity contribution in [2.45, 2.75) is 51.6 Å². The number of anilines is 1. The molecule has 0 unspecified atom stereocenters. The second kappa shape index (κ2) is 12.6. The lowest BCUT2D eigenvalue weighted by atomic mass is 9.94. The van der Waals surface area contributed by atoms with Crippen molar-refractivity contribution >= 4 is 49.6 Å². The van der Waals surface area contributed by atoms with Crippen LogP contribution in [-0.4, -0.2) is 43.8 Å². The minimum Gasteiger partial charge on any atom is -0.493 e. The number of hydrogen-bond acceptors (Lipinski definition) is 6. The van der Waals surface area contributed by atoms with Gasteiger partial charge in [-0.05, 0) is 78.6 Å². The van der Waals surface area contributed by atoms with E-state index in [0.717, 1.165) is 20.2 Å². The molecule has 1 N–H and O–H groups in total. The van der Waals surface area contributed by atoms with Crippen molar-refractivity contribution in [3.63, 3.8) is 0 Å². The predicted octanol–water partition coefficient (Wildman–Crippen LogP) is 6.77. The number of carbonyl (C=O) groups is 2. The third kappa shape index (κ3) is 6.96. The summed E-state index contributed by atoms with van der Waals surface area (Å²) in [6.45, 7) is 2.60. The Balaban J connectivity index is 1.80. The molecule has 2 aromatic carbocycles. The maximum atomic E-state index is 13.1. The molecule has 3 rings (SSSR count). The van der Waals surface area contributed by atoms with Gasteiger partial charge in [0.25, 0.3) is 5.91 Å². The van der Waals surface area contributed by atoms with Gasteiger partial charge in [0.1, 0.15) is 0 Å². The third-order valence-electron chi connectivity index (χ3n) is 5.87. The predicted molar refractivity (Wildman–Crippen MR) is 139 cm³/mol. The van der Waals surface area contributed by atoms with Crippen molar-refractivity contribution in [3.8, 4) is 11.5 Å². The first-order valence-electron chi connectivity index (χ1n) is 11.3. The molecule has 0 atom stereocenters. The summed E-state index contributed by atoms with van der Waals surface area (Å²) in [5.74, 6) is 0.135. The van der Waals surface area contributed by atoms with E-state index in [-0.39, 0.29) is 24.0 Å². The summed E-state index contributed by atoms with van der Waals surface area (Å²) in [5, 5.41) is 3.04. The summed E-state index contributed by atoms with van der Waals surface area (Å²) >= 11 is 7.18. The van der Waals surface area contributed by atoms with Gasteiger partial charge in [0.05, 0.1) is 19.4 Å². The molecule has 1 aliphatic carbocycles. The Morgan fingerprint density at radius 3 is 2.50 bits per heavy atom. The Kier molecular flexibility index (Phi) is 9.79. The van der Waals surface area contributed by atoms with Crippen LogP contribution in [0.2, 0.25) is 0 Å². The first-order valence-corrected chi connectivity index (χ1v) is 12.9. The quantitative estimate of drug-likeness (QED) is 0.267. The molecule has 0 saturated heterocycles. The van der Waals surface area contributed by atoms with Gasteiger partial charge in [0.15, 0.2) is 11.5 Å². The maximum Gasteiger partial charge on any atom is 0.513 e. The highest BCUT2D eigenvalue weighted by atomic mass is 79.9. The molecule has 1 amide bonds. The molecule has 0 bridgehead atoms. The monoisotopic (exact) mass is 596 g/mol. The molecule has 7 nitrogen and oxygen atoms in total. The number of ether oxygens (including phenoxy) is 3. The molecule has 0 aromatic heterocycles. The number of methoxy groups -OCH3 is 1. The average Bonchev–Trinajstić information content (AvgIpc) is 2.82. The molecule has 0 aliphatic heterocycles.